The third kappa shape index (κ3) is 4.04. The number of anilines is 1. The Morgan fingerprint density at radius 3 is 2.65 bits per heavy atom. The van der Waals surface area contributed by atoms with Gasteiger partial charge in [0.15, 0.2) is 17.0 Å². The molecular weight excluding hydrogens is 471 g/mol. The highest BCUT2D eigenvalue weighted by Gasteiger charge is 2.35. The summed E-state index contributed by atoms with van der Waals surface area (Å²) in [5, 5.41) is 4.59. The van der Waals surface area contributed by atoms with Crippen LogP contribution in [0.15, 0.2) is 30.6 Å². The van der Waals surface area contributed by atoms with E-state index in [1.807, 2.05) is 24.8 Å². The van der Waals surface area contributed by atoms with Gasteiger partial charge in [-0.25, -0.2) is 9.97 Å². The molecule has 4 aromatic rings. The number of fused-ring (bicyclic) bond motifs is 2. The Bertz CT molecular complexity index is 1380. The minimum atomic E-state index is -4.52. The summed E-state index contributed by atoms with van der Waals surface area (Å²) >= 11 is 6.15. The number of alkyl halides is 3. The van der Waals surface area contributed by atoms with Crippen molar-refractivity contribution in [2.24, 2.45) is 7.05 Å². The zero-order valence-corrected chi connectivity index (χ0v) is 19.4. The third-order valence-electron chi connectivity index (χ3n) is 5.62. The van der Waals surface area contributed by atoms with E-state index >= 15 is 0 Å². The topological polar surface area (TPSA) is 73.9 Å². The average molecular weight is 492 g/mol. The molecule has 0 spiro atoms. The predicted octanol–water partition coefficient (Wildman–Crippen LogP) is 4.88. The third-order valence-corrected chi connectivity index (χ3v) is 5.79. The van der Waals surface area contributed by atoms with Gasteiger partial charge in [0.25, 0.3) is 0 Å². The summed E-state index contributed by atoms with van der Waals surface area (Å²) in [5.41, 5.74) is 1.76. The van der Waals surface area contributed by atoms with Crippen molar-refractivity contribution < 1.29 is 17.9 Å². The minimum Gasteiger partial charge on any atom is -0.491 e. The van der Waals surface area contributed by atoms with E-state index < -0.39 is 11.9 Å². The van der Waals surface area contributed by atoms with Gasteiger partial charge < -0.3 is 14.2 Å². The number of aromatic nitrogens is 6. The fraction of sp³-hybridized carbons (Fsp3) is 0.364. The van der Waals surface area contributed by atoms with Crippen LogP contribution in [0.4, 0.5) is 19.0 Å². The van der Waals surface area contributed by atoms with E-state index in [2.05, 4.69) is 20.1 Å². The summed E-state index contributed by atoms with van der Waals surface area (Å²) in [4.78, 5) is 14.5. The molecule has 0 N–H and O–H groups in total. The van der Waals surface area contributed by atoms with Gasteiger partial charge >= 0.3 is 6.18 Å². The molecule has 0 saturated carbocycles. The monoisotopic (exact) mass is 491 g/mol. The van der Waals surface area contributed by atoms with Crippen LogP contribution in [0, 0.1) is 0 Å². The highest BCUT2D eigenvalue weighted by Crippen LogP contribution is 2.36. The molecule has 0 saturated heterocycles. The lowest BCUT2D eigenvalue weighted by Gasteiger charge is -2.21. The van der Waals surface area contributed by atoms with Gasteiger partial charge in [0.05, 0.1) is 12.7 Å². The van der Waals surface area contributed by atoms with E-state index in [1.165, 1.54) is 4.57 Å². The summed E-state index contributed by atoms with van der Waals surface area (Å²) in [6.45, 7) is 4.95. The Kier molecular flexibility index (Phi) is 5.38. The van der Waals surface area contributed by atoms with Crippen molar-refractivity contribution in [3.05, 3.63) is 47.1 Å². The molecule has 1 aliphatic rings. The quantitative estimate of drug-likeness (QED) is 0.380. The van der Waals surface area contributed by atoms with Crippen LogP contribution in [0.3, 0.4) is 0 Å². The van der Waals surface area contributed by atoms with Crippen molar-refractivity contribution in [3.63, 3.8) is 0 Å². The molecule has 178 valence electrons. The van der Waals surface area contributed by atoms with Gasteiger partial charge in [-0.3, -0.25) is 4.68 Å². The van der Waals surface area contributed by atoms with Crippen molar-refractivity contribution in [3.8, 4) is 17.1 Å². The van der Waals surface area contributed by atoms with Crippen LogP contribution < -0.4 is 9.64 Å². The summed E-state index contributed by atoms with van der Waals surface area (Å²) < 4.78 is 49.1. The van der Waals surface area contributed by atoms with Gasteiger partial charge in [0.2, 0.25) is 5.28 Å². The van der Waals surface area contributed by atoms with Crippen LogP contribution in [-0.4, -0.2) is 42.5 Å². The maximum absolute atomic E-state index is 13.3. The van der Waals surface area contributed by atoms with Gasteiger partial charge in [-0.05, 0) is 31.5 Å². The predicted molar refractivity (Wildman–Crippen MR) is 121 cm³/mol. The minimum absolute atomic E-state index is 0.122. The number of ether oxygens (including phenoxy) is 1. The molecule has 8 nitrogen and oxygen atoms in total. The van der Waals surface area contributed by atoms with Crippen LogP contribution in [0.25, 0.3) is 22.4 Å². The summed E-state index contributed by atoms with van der Waals surface area (Å²) in [5.74, 6) is 1.43. The largest absolute Gasteiger partial charge is 0.491 e. The van der Waals surface area contributed by atoms with Gasteiger partial charge in [-0.1, -0.05) is 12.1 Å². The summed E-state index contributed by atoms with van der Waals surface area (Å²) in [7, 11) is 1.80. The standard InChI is InChI=1S/C22H21ClF3N7O/c1-12(2)33-11-17(22(24,25)26)28-19(33)13-4-5-14-9-32(6-7-34-16(14)8-13)20-18-15(10-31(3)30-18)27-21(23)29-20/h4-5,8,10-12H,6-7,9H2,1-3H3. The number of hydrogen-bond acceptors (Lipinski definition) is 6. The van der Waals surface area contributed by atoms with Crippen LogP contribution in [0.2, 0.25) is 5.28 Å². The fourth-order valence-electron chi connectivity index (χ4n) is 4.03. The molecule has 0 aliphatic carbocycles. The fourth-order valence-corrected chi connectivity index (χ4v) is 4.20. The highest BCUT2D eigenvalue weighted by atomic mass is 35.5. The Labute approximate surface area is 197 Å². The molecule has 0 radical (unpaired) electrons. The SMILES string of the molecule is CC(C)n1cc(C(F)(F)F)nc1-c1ccc2c(c1)OCCN(c1nc(Cl)nc3cn(C)nc13)C2. The Morgan fingerprint density at radius 2 is 1.91 bits per heavy atom. The van der Waals surface area contributed by atoms with E-state index in [1.54, 1.807) is 30.1 Å². The lowest BCUT2D eigenvalue weighted by Crippen LogP contribution is -2.26. The molecule has 0 fully saturated rings. The van der Waals surface area contributed by atoms with Crippen LogP contribution in [0.1, 0.15) is 31.1 Å². The van der Waals surface area contributed by atoms with Gasteiger partial charge in [-0.15, -0.1) is 0 Å². The maximum atomic E-state index is 13.3. The molecule has 0 bridgehead atoms. The number of imidazole rings is 1. The number of nitrogens with zero attached hydrogens (tertiary/aromatic N) is 7. The molecule has 1 aliphatic heterocycles. The first-order chi connectivity index (χ1) is 16.1. The summed E-state index contributed by atoms with van der Waals surface area (Å²) in [6.07, 6.45) is -1.70. The number of hydrogen-bond donors (Lipinski definition) is 0. The van der Waals surface area contributed by atoms with Crippen LogP contribution in [-0.2, 0) is 19.8 Å². The Morgan fingerprint density at radius 1 is 1.12 bits per heavy atom. The second-order valence-electron chi connectivity index (χ2n) is 8.39. The Hall–Kier alpha value is -3.34. The lowest BCUT2D eigenvalue weighted by molar-refractivity contribution is -0.140. The van der Waals surface area contributed by atoms with E-state index in [0.717, 1.165) is 11.8 Å². The first-order valence-electron chi connectivity index (χ1n) is 10.6. The number of rotatable bonds is 3. The first-order valence-corrected chi connectivity index (χ1v) is 11.0. The number of halogens is 4. The molecule has 0 atom stereocenters. The molecular formula is C22H21ClF3N7O. The smallest absolute Gasteiger partial charge is 0.434 e. The van der Waals surface area contributed by atoms with Crippen molar-refractivity contribution in [1.82, 2.24) is 29.3 Å². The normalized spacial score (nSPS) is 14.4. The molecule has 0 amide bonds. The first kappa shape index (κ1) is 22.5. The zero-order valence-electron chi connectivity index (χ0n) is 18.6. The zero-order chi connectivity index (χ0) is 24.2. The average Bonchev–Trinajstić information content (AvgIpc) is 3.30. The second kappa shape index (κ2) is 8.15. The molecule has 5 rings (SSSR count). The van der Waals surface area contributed by atoms with Crippen molar-refractivity contribution in [1.29, 1.82) is 0 Å². The molecule has 3 aromatic heterocycles. The highest BCUT2D eigenvalue weighted by molar-refractivity contribution is 6.28. The molecule has 12 heteroatoms. The lowest BCUT2D eigenvalue weighted by atomic mass is 10.1. The number of benzene rings is 1. The van der Waals surface area contributed by atoms with Crippen molar-refractivity contribution in [2.75, 3.05) is 18.1 Å². The Balaban J connectivity index is 1.52. The molecule has 4 heterocycles. The van der Waals surface area contributed by atoms with E-state index in [0.29, 0.717) is 47.9 Å². The molecule has 1 aromatic carbocycles. The van der Waals surface area contributed by atoms with Gasteiger partial charge in [0.1, 0.15) is 23.7 Å². The summed E-state index contributed by atoms with van der Waals surface area (Å²) in [6, 6.07) is 5.14. The van der Waals surface area contributed by atoms with Gasteiger partial charge in [-0.2, -0.15) is 23.3 Å². The number of aryl methyl sites for hydroxylation is 1. The van der Waals surface area contributed by atoms with E-state index in [9.17, 15) is 13.2 Å². The maximum Gasteiger partial charge on any atom is 0.434 e. The van der Waals surface area contributed by atoms with Crippen LogP contribution in [0.5, 0.6) is 5.75 Å². The van der Waals surface area contributed by atoms with Crippen molar-refractivity contribution in [2.45, 2.75) is 32.6 Å². The van der Waals surface area contributed by atoms with E-state index in [-0.39, 0.29) is 17.1 Å². The van der Waals surface area contributed by atoms with Crippen LogP contribution >= 0.6 is 11.6 Å². The molecule has 0 unspecified atom stereocenters. The molecule has 34 heavy (non-hydrogen) atoms. The van der Waals surface area contributed by atoms with Gasteiger partial charge in [0, 0.05) is 37.0 Å². The van der Waals surface area contributed by atoms with Crippen molar-refractivity contribution >= 4 is 28.5 Å². The second-order valence-corrected chi connectivity index (χ2v) is 8.73. The van der Waals surface area contributed by atoms with E-state index in [4.69, 9.17) is 16.3 Å².